The molecule has 0 aliphatic heterocycles. The van der Waals surface area contributed by atoms with Crippen molar-refractivity contribution in [1.82, 2.24) is 0 Å². The summed E-state index contributed by atoms with van der Waals surface area (Å²) in [6.07, 6.45) is 2.40. The molecule has 0 saturated heterocycles. The highest BCUT2D eigenvalue weighted by atomic mass is 32.1. The fourth-order valence-corrected chi connectivity index (χ4v) is 0.822. The molecule has 6 heavy (non-hydrogen) atoms. The van der Waals surface area contributed by atoms with E-state index in [0.717, 1.165) is 5.75 Å². The molecular formula is C4H13PS. The molecule has 0 nitrogen and oxygen atoms in total. The standard InChI is InChI=1S/C3H9PS.CH4/c4-2-1-3-5;/h5H,1-4H2;1H4. The highest BCUT2D eigenvalue weighted by Gasteiger charge is 1.68. The molecule has 1 unspecified atom stereocenters. The van der Waals surface area contributed by atoms with Crippen LogP contribution < -0.4 is 0 Å². The molecule has 0 aromatic carbocycles. The van der Waals surface area contributed by atoms with E-state index in [1.807, 2.05) is 0 Å². The van der Waals surface area contributed by atoms with Crippen molar-refractivity contribution in [2.24, 2.45) is 0 Å². The van der Waals surface area contributed by atoms with Crippen LogP contribution in [-0.2, 0) is 0 Å². The summed E-state index contributed by atoms with van der Waals surface area (Å²) in [6.45, 7) is 0. The fraction of sp³-hybridized carbons (Fsp3) is 1.00. The van der Waals surface area contributed by atoms with E-state index >= 15 is 0 Å². The fourth-order valence-electron chi connectivity index (χ4n) is 0.0913. The molecule has 0 aliphatic carbocycles. The predicted octanol–water partition coefficient (Wildman–Crippen LogP) is 1.82. The number of hydrogen-bond donors (Lipinski definition) is 1. The molecular weight excluding hydrogens is 111 g/mol. The zero-order valence-electron chi connectivity index (χ0n) is 3.15. The van der Waals surface area contributed by atoms with E-state index in [2.05, 4.69) is 21.9 Å². The first-order valence-corrected chi connectivity index (χ1v) is 3.17. The van der Waals surface area contributed by atoms with Crippen molar-refractivity contribution in [3.8, 4) is 0 Å². The van der Waals surface area contributed by atoms with E-state index in [1.54, 1.807) is 0 Å². The lowest BCUT2D eigenvalue weighted by atomic mass is 10.6. The predicted molar refractivity (Wildman–Crippen MR) is 39.8 cm³/mol. The molecule has 0 amide bonds. The lowest BCUT2D eigenvalue weighted by Gasteiger charge is -1.78. The van der Waals surface area contributed by atoms with Crippen molar-refractivity contribution in [2.45, 2.75) is 13.8 Å². The average molecular weight is 124 g/mol. The summed E-state index contributed by atoms with van der Waals surface area (Å²) in [5, 5.41) is 0. The lowest BCUT2D eigenvalue weighted by Crippen LogP contribution is -1.70. The monoisotopic (exact) mass is 124 g/mol. The maximum atomic E-state index is 3.99. The van der Waals surface area contributed by atoms with Crippen LogP contribution in [-0.4, -0.2) is 11.9 Å². The van der Waals surface area contributed by atoms with Gasteiger partial charge in [-0.15, -0.1) is 9.24 Å². The maximum Gasteiger partial charge on any atom is -0.00947 e. The van der Waals surface area contributed by atoms with Gasteiger partial charge in [-0.2, -0.15) is 12.6 Å². The Labute approximate surface area is 48.3 Å². The van der Waals surface area contributed by atoms with Gasteiger partial charge < -0.3 is 0 Å². The van der Waals surface area contributed by atoms with Crippen LogP contribution in [0.2, 0.25) is 0 Å². The summed E-state index contributed by atoms with van der Waals surface area (Å²) < 4.78 is 0. The van der Waals surface area contributed by atoms with E-state index < -0.39 is 0 Å². The SMILES string of the molecule is C.PCCCS. The highest BCUT2D eigenvalue weighted by molar-refractivity contribution is 7.80. The smallest absolute Gasteiger partial charge is 0.00947 e. The lowest BCUT2D eigenvalue weighted by molar-refractivity contribution is 1.13. The molecule has 0 spiro atoms. The molecule has 0 aromatic heterocycles. The maximum absolute atomic E-state index is 3.99. The Hall–Kier alpha value is 0.780. The number of rotatable bonds is 2. The Morgan fingerprint density at radius 2 is 2.00 bits per heavy atom. The first-order chi connectivity index (χ1) is 2.41. The van der Waals surface area contributed by atoms with E-state index in [4.69, 9.17) is 0 Å². The minimum atomic E-state index is 0. The summed E-state index contributed by atoms with van der Waals surface area (Å²) in [4.78, 5) is 0. The zero-order chi connectivity index (χ0) is 4.12. The molecule has 0 bridgehead atoms. The Bertz CT molecular complexity index is 15.0. The third-order valence-corrected chi connectivity index (χ3v) is 1.09. The number of thiol groups is 1. The van der Waals surface area contributed by atoms with Crippen LogP contribution in [0.1, 0.15) is 13.8 Å². The Morgan fingerprint density at radius 3 is 2.00 bits per heavy atom. The van der Waals surface area contributed by atoms with E-state index in [0.29, 0.717) is 0 Å². The third kappa shape index (κ3) is 8.84. The van der Waals surface area contributed by atoms with Crippen molar-refractivity contribution in [2.75, 3.05) is 11.9 Å². The largest absolute Gasteiger partial charge is 0.179 e. The molecule has 0 fully saturated rings. The molecule has 0 radical (unpaired) electrons. The molecule has 0 N–H and O–H groups in total. The molecule has 0 rings (SSSR count). The van der Waals surface area contributed by atoms with Crippen LogP contribution >= 0.6 is 21.9 Å². The summed E-state index contributed by atoms with van der Waals surface area (Å²) in [5.41, 5.74) is 0. The van der Waals surface area contributed by atoms with Crippen LogP contribution in [0, 0.1) is 0 Å². The first-order valence-electron chi connectivity index (χ1n) is 1.72. The van der Waals surface area contributed by atoms with Gasteiger partial charge in [-0.25, -0.2) is 0 Å². The van der Waals surface area contributed by atoms with Crippen molar-refractivity contribution < 1.29 is 0 Å². The van der Waals surface area contributed by atoms with Crippen LogP contribution in [0.4, 0.5) is 0 Å². The molecule has 0 aromatic rings. The molecule has 40 valence electrons. The van der Waals surface area contributed by atoms with Gasteiger partial charge in [0.05, 0.1) is 0 Å². The third-order valence-electron chi connectivity index (χ3n) is 0.362. The minimum Gasteiger partial charge on any atom is -0.179 e. The van der Waals surface area contributed by atoms with Crippen LogP contribution in [0.5, 0.6) is 0 Å². The van der Waals surface area contributed by atoms with E-state index in [1.165, 1.54) is 12.6 Å². The molecule has 1 atom stereocenters. The quantitative estimate of drug-likeness (QED) is 0.421. The zero-order valence-corrected chi connectivity index (χ0v) is 5.20. The molecule has 0 aliphatic rings. The van der Waals surface area contributed by atoms with Crippen molar-refractivity contribution >= 4 is 21.9 Å². The minimum absolute atomic E-state index is 0. The van der Waals surface area contributed by atoms with Gasteiger partial charge in [-0.3, -0.25) is 0 Å². The van der Waals surface area contributed by atoms with Crippen LogP contribution in [0.25, 0.3) is 0 Å². The van der Waals surface area contributed by atoms with Crippen molar-refractivity contribution in [3.63, 3.8) is 0 Å². The summed E-state index contributed by atoms with van der Waals surface area (Å²) in [7, 11) is 2.65. The van der Waals surface area contributed by atoms with Gasteiger partial charge in [0.1, 0.15) is 0 Å². The first kappa shape index (κ1) is 9.91. The van der Waals surface area contributed by atoms with Gasteiger partial charge in [-0.05, 0) is 18.3 Å². The van der Waals surface area contributed by atoms with Crippen LogP contribution in [0.15, 0.2) is 0 Å². The van der Waals surface area contributed by atoms with Gasteiger partial charge >= 0.3 is 0 Å². The molecule has 0 heterocycles. The second-order valence-electron chi connectivity index (χ2n) is 0.866. The van der Waals surface area contributed by atoms with Crippen molar-refractivity contribution in [3.05, 3.63) is 0 Å². The van der Waals surface area contributed by atoms with Gasteiger partial charge in [0.25, 0.3) is 0 Å². The highest BCUT2D eigenvalue weighted by Crippen LogP contribution is 1.87. The molecule has 0 saturated carbocycles. The summed E-state index contributed by atoms with van der Waals surface area (Å²) in [5.74, 6) is 1.02. The Kier molecular flexibility index (Phi) is 15.3. The topological polar surface area (TPSA) is 0 Å². The normalized spacial score (nSPS) is 7.00. The van der Waals surface area contributed by atoms with Crippen molar-refractivity contribution in [1.29, 1.82) is 0 Å². The Morgan fingerprint density at radius 1 is 1.50 bits per heavy atom. The van der Waals surface area contributed by atoms with Gasteiger partial charge in [0.2, 0.25) is 0 Å². The van der Waals surface area contributed by atoms with Gasteiger partial charge in [0.15, 0.2) is 0 Å². The van der Waals surface area contributed by atoms with E-state index in [-0.39, 0.29) is 7.43 Å². The Balaban J connectivity index is 0. The number of hydrogen-bond acceptors (Lipinski definition) is 1. The average Bonchev–Trinajstić information content (AvgIpc) is 1.41. The molecule has 2 heteroatoms. The summed E-state index contributed by atoms with van der Waals surface area (Å²) >= 11 is 3.99. The second-order valence-corrected chi connectivity index (χ2v) is 1.89. The van der Waals surface area contributed by atoms with Gasteiger partial charge in [-0.1, -0.05) is 7.43 Å². The second kappa shape index (κ2) is 9.24. The van der Waals surface area contributed by atoms with E-state index in [9.17, 15) is 0 Å². The summed E-state index contributed by atoms with van der Waals surface area (Å²) in [6, 6.07) is 0. The van der Waals surface area contributed by atoms with Gasteiger partial charge in [0, 0.05) is 0 Å². The van der Waals surface area contributed by atoms with Crippen LogP contribution in [0.3, 0.4) is 0 Å².